The highest BCUT2D eigenvalue weighted by molar-refractivity contribution is 5.43. The van der Waals surface area contributed by atoms with Gasteiger partial charge in [-0.25, -0.2) is 0 Å². The normalized spacial score (nSPS) is 15.9. The van der Waals surface area contributed by atoms with Crippen molar-refractivity contribution in [1.29, 1.82) is 0 Å². The Kier molecular flexibility index (Phi) is 8.31. The Labute approximate surface area is 197 Å². The van der Waals surface area contributed by atoms with E-state index in [2.05, 4.69) is 0 Å². The van der Waals surface area contributed by atoms with E-state index in [9.17, 15) is 62.7 Å². The van der Waals surface area contributed by atoms with Crippen molar-refractivity contribution in [3.63, 3.8) is 0 Å². The molecule has 3 nitrogen and oxygen atoms in total. The summed E-state index contributed by atoms with van der Waals surface area (Å²) in [4.78, 5) is 11.1. The van der Waals surface area contributed by atoms with E-state index in [0.717, 1.165) is 5.18 Å². The lowest BCUT2D eigenvalue weighted by molar-refractivity contribution is -0.376. The van der Waals surface area contributed by atoms with Crippen LogP contribution in [0, 0.1) is 16.2 Å². The number of rotatable bonds is 6. The lowest BCUT2D eigenvalue weighted by Crippen LogP contribution is -2.55. The van der Waals surface area contributed by atoms with Gasteiger partial charge in [0.25, 0.3) is 5.60 Å². The topological polar surface area (TPSA) is 49.7 Å². The van der Waals surface area contributed by atoms with Crippen molar-refractivity contribution in [3.8, 4) is 0 Å². The molecule has 0 amide bonds. The van der Waals surface area contributed by atoms with Gasteiger partial charge in [0.2, 0.25) is 0 Å². The van der Waals surface area contributed by atoms with Crippen LogP contribution in [0.15, 0.2) is 23.4 Å². The van der Waals surface area contributed by atoms with Crippen molar-refractivity contribution in [1.82, 2.24) is 0 Å². The summed E-state index contributed by atoms with van der Waals surface area (Å²) in [7, 11) is 0. The third-order valence-corrected chi connectivity index (χ3v) is 5.63. The Morgan fingerprint density at radius 3 is 1.39 bits per heavy atom. The number of aliphatic hydroxyl groups is 1. The molecule has 1 aromatic carbocycles. The maximum Gasteiger partial charge on any atom is 0.430 e. The van der Waals surface area contributed by atoms with Gasteiger partial charge in [0.15, 0.2) is 0 Å². The molecule has 0 bridgehead atoms. The molecule has 0 saturated heterocycles. The van der Waals surface area contributed by atoms with Gasteiger partial charge in [-0.1, -0.05) is 46.8 Å². The van der Waals surface area contributed by atoms with Gasteiger partial charge in [-0.2, -0.15) is 52.7 Å². The number of alkyl halides is 12. The van der Waals surface area contributed by atoms with Crippen molar-refractivity contribution in [2.75, 3.05) is 0 Å². The first-order valence-corrected chi connectivity index (χ1v) is 10.2. The van der Waals surface area contributed by atoms with E-state index in [1.807, 2.05) is 0 Å². The Hall–Kier alpha value is -2.06. The highest BCUT2D eigenvalue weighted by Crippen LogP contribution is 2.56. The van der Waals surface area contributed by atoms with Crippen LogP contribution >= 0.6 is 0 Å². The van der Waals surface area contributed by atoms with Gasteiger partial charge >= 0.3 is 30.2 Å². The number of benzene rings is 1. The largest absolute Gasteiger partial charge is 0.430 e. The zero-order valence-corrected chi connectivity index (χ0v) is 19.4. The fourth-order valence-electron chi connectivity index (χ4n) is 3.81. The minimum Gasteiger partial charge on any atom is -0.369 e. The summed E-state index contributed by atoms with van der Waals surface area (Å²) < 4.78 is 163. The third kappa shape index (κ3) is 5.59. The SMILES string of the molecule is CC(C)C(CC(C)(C)C)c1cc(C(O)(C(F)(F)F)C(F)(F)F)cc(C(N=O)(C(F)(F)F)C(F)(F)F)c1. The van der Waals surface area contributed by atoms with Crippen molar-refractivity contribution in [3.05, 3.63) is 39.8 Å². The lowest BCUT2D eigenvalue weighted by Gasteiger charge is -2.37. The van der Waals surface area contributed by atoms with E-state index in [0.29, 0.717) is 0 Å². The van der Waals surface area contributed by atoms with E-state index in [1.54, 1.807) is 20.8 Å². The van der Waals surface area contributed by atoms with Gasteiger partial charge in [-0.05, 0) is 40.5 Å². The van der Waals surface area contributed by atoms with E-state index in [-0.39, 0.29) is 18.6 Å². The molecular weight excluding hydrogens is 526 g/mol. The van der Waals surface area contributed by atoms with Gasteiger partial charge in [-0.15, -0.1) is 4.91 Å². The molecule has 0 aromatic heterocycles. The van der Waals surface area contributed by atoms with E-state index in [4.69, 9.17) is 0 Å². The third-order valence-electron chi connectivity index (χ3n) is 5.63. The van der Waals surface area contributed by atoms with Crippen molar-refractivity contribution in [2.45, 2.75) is 82.8 Å². The smallest absolute Gasteiger partial charge is 0.369 e. The maximum absolute atomic E-state index is 13.7. The average molecular weight is 549 g/mol. The van der Waals surface area contributed by atoms with Crippen molar-refractivity contribution in [2.24, 2.45) is 16.5 Å². The van der Waals surface area contributed by atoms with Crippen LogP contribution in [0.4, 0.5) is 52.7 Å². The maximum atomic E-state index is 13.7. The van der Waals surface area contributed by atoms with Gasteiger partial charge in [-0.3, -0.25) is 0 Å². The average Bonchev–Trinajstić information content (AvgIpc) is 2.61. The summed E-state index contributed by atoms with van der Waals surface area (Å²) >= 11 is 0. The van der Waals surface area contributed by atoms with Crippen LogP contribution in [0.1, 0.15) is 63.6 Å². The first-order valence-electron chi connectivity index (χ1n) is 10.2. The van der Waals surface area contributed by atoms with Crippen molar-refractivity contribution < 1.29 is 57.8 Å². The zero-order chi connectivity index (χ0) is 28.9. The fraction of sp³-hybridized carbons (Fsp3) is 0.714. The van der Waals surface area contributed by atoms with Crippen LogP contribution < -0.4 is 0 Å². The van der Waals surface area contributed by atoms with Crippen LogP contribution in [0.2, 0.25) is 0 Å². The van der Waals surface area contributed by atoms with Crippen molar-refractivity contribution >= 4 is 0 Å². The highest BCUT2D eigenvalue weighted by atomic mass is 19.4. The van der Waals surface area contributed by atoms with Crippen LogP contribution in [0.25, 0.3) is 0 Å². The molecule has 0 aliphatic rings. The molecule has 36 heavy (non-hydrogen) atoms. The van der Waals surface area contributed by atoms with Crippen LogP contribution in [0.3, 0.4) is 0 Å². The molecule has 1 atom stereocenters. The fourth-order valence-corrected chi connectivity index (χ4v) is 3.81. The molecule has 208 valence electrons. The molecule has 0 heterocycles. The Morgan fingerprint density at radius 2 is 1.11 bits per heavy atom. The zero-order valence-electron chi connectivity index (χ0n) is 19.4. The summed E-state index contributed by atoms with van der Waals surface area (Å²) in [5.74, 6) is -1.90. The molecule has 15 heteroatoms. The Morgan fingerprint density at radius 1 is 0.722 bits per heavy atom. The molecule has 0 saturated carbocycles. The molecule has 0 aliphatic heterocycles. The lowest BCUT2D eigenvalue weighted by atomic mass is 9.73. The molecule has 1 aromatic rings. The predicted molar refractivity (Wildman–Crippen MR) is 104 cm³/mol. The molecule has 0 radical (unpaired) electrons. The number of nitrogens with zero attached hydrogens (tertiary/aromatic N) is 1. The molecular formula is C21H23F12NO2. The highest BCUT2D eigenvalue weighted by Gasteiger charge is 2.76. The summed E-state index contributed by atoms with van der Waals surface area (Å²) in [6.07, 6.45) is -26.6. The summed E-state index contributed by atoms with van der Waals surface area (Å²) in [6, 6.07) is -0.653. The number of halogens is 12. The minimum atomic E-state index is -6.62. The predicted octanol–water partition coefficient (Wildman–Crippen LogP) is 8.26. The van der Waals surface area contributed by atoms with Crippen LogP contribution in [-0.4, -0.2) is 29.8 Å². The van der Waals surface area contributed by atoms with Crippen LogP contribution in [-0.2, 0) is 11.1 Å². The second-order valence-corrected chi connectivity index (χ2v) is 9.96. The summed E-state index contributed by atoms with van der Waals surface area (Å²) in [5, 5.41) is 10.9. The second kappa shape index (κ2) is 9.35. The first kappa shape index (κ1) is 32.0. The Balaban J connectivity index is 4.38. The van der Waals surface area contributed by atoms with Crippen LogP contribution in [0.5, 0.6) is 0 Å². The summed E-state index contributed by atoms with van der Waals surface area (Å²) in [5.41, 5.74) is -17.8. The molecule has 0 aliphatic carbocycles. The molecule has 1 unspecified atom stereocenters. The standard InChI is InChI=1S/C21H23F12NO2/c1-10(2)14(9-15(3,4)5)11-6-12(16(34-36,18(22,23)24)19(25,26)27)8-13(7-11)17(35,20(28,29)30)21(31,32)33/h6-8,10,14,35H,9H2,1-5H3. The van der Waals surface area contributed by atoms with Gasteiger partial charge < -0.3 is 5.11 Å². The van der Waals surface area contributed by atoms with E-state index in [1.165, 1.54) is 13.8 Å². The molecule has 1 N–H and O–H groups in total. The Bertz CT molecular complexity index is 909. The minimum absolute atomic E-state index is 0.0587. The van der Waals surface area contributed by atoms with E-state index >= 15 is 0 Å². The molecule has 0 spiro atoms. The quantitative estimate of drug-likeness (QED) is 0.287. The number of hydrogen-bond donors (Lipinski definition) is 1. The monoisotopic (exact) mass is 549 g/mol. The first-order chi connectivity index (χ1) is 15.7. The number of hydrogen-bond acceptors (Lipinski definition) is 3. The number of nitroso groups, excluding NO2 is 1. The molecule has 0 fully saturated rings. The van der Waals surface area contributed by atoms with Gasteiger partial charge in [0.1, 0.15) is 0 Å². The second-order valence-electron chi connectivity index (χ2n) is 9.96. The van der Waals surface area contributed by atoms with E-state index < -0.39 is 75.9 Å². The van der Waals surface area contributed by atoms with Gasteiger partial charge in [0.05, 0.1) is 0 Å². The van der Waals surface area contributed by atoms with Gasteiger partial charge in [0, 0.05) is 11.1 Å². The molecule has 1 rings (SSSR count). The summed E-state index contributed by atoms with van der Waals surface area (Å²) in [6.45, 7) is 7.48.